The minimum atomic E-state index is -1.38. The second-order valence-corrected chi connectivity index (χ2v) is 8.90. The molecular formula is C20H32FN5O5. The van der Waals surface area contributed by atoms with E-state index in [2.05, 4.69) is 0 Å². The number of nitrogens with one attached hydrogen (secondary N) is 1. The van der Waals surface area contributed by atoms with Crippen LogP contribution in [0, 0.1) is 5.82 Å². The molecule has 1 aromatic heterocycles. The van der Waals surface area contributed by atoms with Gasteiger partial charge in [-0.15, -0.1) is 0 Å². The number of carbonyl (C=O) groups is 1. The molecule has 3 heterocycles. The molecule has 1 amide bonds. The number of piperidine rings is 1. The number of aromatic nitrogens is 2. The van der Waals surface area contributed by atoms with Gasteiger partial charge in [0.25, 0.3) is 5.56 Å². The first-order chi connectivity index (χ1) is 14.6. The molecule has 1 aromatic rings. The van der Waals surface area contributed by atoms with Crippen molar-refractivity contribution in [2.24, 2.45) is 11.5 Å². The zero-order chi connectivity index (χ0) is 22.8. The third-order valence-corrected chi connectivity index (χ3v) is 6.48. The van der Waals surface area contributed by atoms with Crippen LogP contribution in [-0.2, 0) is 9.53 Å². The third-order valence-electron chi connectivity index (χ3n) is 6.48. The van der Waals surface area contributed by atoms with Crippen molar-refractivity contribution in [3.8, 4) is 0 Å². The lowest BCUT2D eigenvalue weighted by molar-refractivity contribution is -0.198. The van der Waals surface area contributed by atoms with Crippen LogP contribution in [0.3, 0.4) is 0 Å². The first-order valence-corrected chi connectivity index (χ1v) is 10.7. The average Bonchev–Trinajstić information content (AvgIpc) is 2.71. The summed E-state index contributed by atoms with van der Waals surface area (Å²) in [7, 11) is 0. The molecular weight excluding hydrogens is 409 g/mol. The summed E-state index contributed by atoms with van der Waals surface area (Å²) in [4.78, 5) is 39.7. The Morgan fingerprint density at radius 1 is 1.39 bits per heavy atom. The summed E-state index contributed by atoms with van der Waals surface area (Å²) in [6, 6.07) is -1.41. The van der Waals surface area contributed by atoms with Gasteiger partial charge in [0.05, 0.1) is 36.1 Å². The van der Waals surface area contributed by atoms with Gasteiger partial charge in [0, 0.05) is 19.5 Å². The summed E-state index contributed by atoms with van der Waals surface area (Å²) in [6.07, 6.45) is 4.28. The number of halogens is 1. The highest BCUT2D eigenvalue weighted by molar-refractivity contribution is 5.81. The summed E-state index contributed by atoms with van der Waals surface area (Å²) in [5, 5.41) is 11.1. The van der Waals surface area contributed by atoms with Gasteiger partial charge in [0.2, 0.25) is 11.7 Å². The van der Waals surface area contributed by atoms with Crippen molar-refractivity contribution >= 4 is 5.91 Å². The summed E-state index contributed by atoms with van der Waals surface area (Å²) < 4.78 is 20.8. The van der Waals surface area contributed by atoms with Gasteiger partial charge in [-0.05, 0) is 39.2 Å². The SMILES string of the molecule is C[C@]1(O)CC2(CCN(C(=O)[C@@H](N)CCCCN)CC2)OC[C@@H]1n1cc(F)c(=O)[nH]c1=O. The van der Waals surface area contributed by atoms with E-state index in [4.69, 9.17) is 16.2 Å². The molecule has 0 radical (unpaired) electrons. The number of nitrogens with zero attached hydrogens (tertiary/aromatic N) is 2. The maximum atomic E-state index is 13.7. The Kier molecular flexibility index (Phi) is 6.99. The number of hydrogen-bond acceptors (Lipinski definition) is 7. The second-order valence-electron chi connectivity index (χ2n) is 8.90. The lowest BCUT2D eigenvalue weighted by atomic mass is 9.75. The number of carbonyl (C=O) groups excluding carboxylic acids is 1. The van der Waals surface area contributed by atoms with E-state index in [1.165, 1.54) is 0 Å². The van der Waals surface area contributed by atoms with E-state index < -0.39 is 40.4 Å². The molecule has 2 aliphatic rings. The maximum Gasteiger partial charge on any atom is 0.328 e. The summed E-state index contributed by atoms with van der Waals surface area (Å²) in [5.41, 5.74) is 7.58. The zero-order valence-corrected chi connectivity index (χ0v) is 17.8. The number of rotatable bonds is 6. The largest absolute Gasteiger partial charge is 0.388 e. The van der Waals surface area contributed by atoms with Gasteiger partial charge < -0.3 is 26.2 Å². The molecule has 1 spiro atoms. The van der Waals surface area contributed by atoms with Gasteiger partial charge in [-0.1, -0.05) is 6.42 Å². The summed E-state index contributed by atoms with van der Waals surface area (Å²) in [6.45, 7) is 3.03. The van der Waals surface area contributed by atoms with Gasteiger partial charge in [0.15, 0.2) is 0 Å². The van der Waals surface area contributed by atoms with Crippen LogP contribution in [0.25, 0.3) is 0 Å². The topological polar surface area (TPSA) is 157 Å². The van der Waals surface area contributed by atoms with Gasteiger partial charge in [-0.3, -0.25) is 19.1 Å². The maximum absolute atomic E-state index is 13.7. The first-order valence-electron chi connectivity index (χ1n) is 10.7. The predicted molar refractivity (Wildman–Crippen MR) is 111 cm³/mol. The van der Waals surface area contributed by atoms with Crippen LogP contribution in [0.1, 0.15) is 51.5 Å². The standard InChI is InChI=1S/C20H32FN5O5/c1-19(30)12-20(31-11-15(19)26-10-13(21)16(27)24-18(26)29)5-8-25(9-6-20)17(28)14(23)4-2-3-7-22/h10,14-15,30H,2-9,11-12,22-23H2,1H3,(H,24,27,29)/t14-,15-,19-/m0/s1. The fourth-order valence-electron chi connectivity index (χ4n) is 4.65. The summed E-state index contributed by atoms with van der Waals surface area (Å²) >= 11 is 0. The molecule has 0 saturated carbocycles. The average molecular weight is 442 g/mol. The lowest BCUT2D eigenvalue weighted by Crippen LogP contribution is -2.60. The zero-order valence-electron chi connectivity index (χ0n) is 17.8. The molecule has 3 atom stereocenters. The normalized spacial score (nSPS) is 26.7. The van der Waals surface area contributed by atoms with Crippen LogP contribution in [0.4, 0.5) is 4.39 Å². The van der Waals surface area contributed by atoms with E-state index in [1.54, 1.807) is 11.8 Å². The van der Waals surface area contributed by atoms with Gasteiger partial charge in [0.1, 0.15) is 0 Å². The van der Waals surface area contributed by atoms with Crippen molar-refractivity contribution in [2.45, 2.75) is 68.7 Å². The molecule has 0 aliphatic carbocycles. The Bertz CT molecular complexity index is 906. The number of hydrogen-bond donors (Lipinski definition) is 4. The number of aliphatic hydroxyl groups is 1. The minimum Gasteiger partial charge on any atom is -0.388 e. The Labute approximate surface area is 179 Å². The molecule has 10 nitrogen and oxygen atoms in total. The van der Waals surface area contributed by atoms with Gasteiger partial charge in [-0.2, -0.15) is 4.39 Å². The van der Waals surface area contributed by atoms with Crippen LogP contribution in [0.5, 0.6) is 0 Å². The van der Waals surface area contributed by atoms with Crippen LogP contribution in [0.2, 0.25) is 0 Å². The highest BCUT2D eigenvalue weighted by atomic mass is 19.1. The molecule has 3 rings (SSSR count). The van der Waals surface area contributed by atoms with E-state index in [0.29, 0.717) is 38.9 Å². The van der Waals surface area contributed by atoms with Crippen molar-refractivity contribution in [1.82, 2.24) is 14.5 Å². The molecule has 0 aromatic carbocycles. The first kappa shape index (κ1) is 23.6. The number of likely N-dealkylation sites (tertiary alicyclic amines) is 1. The van der Waals surface area contributed by atoms with Crippen LogP contribution in [-0.4, -0.2) is 68.9 Å². The molecule has 0 unspecified atom stereocenters. The molecule has 6 N–H and O–H groups in total. The van der Waals surface area contributed by atoms with Crippen LogP contribution < -0.4 is 22.7 Å². The third kappa shape index (κ3) is 5.05. The van der Waals surface area contributed by atoms with E-state index >= 15 is 0 Å². The molecule has 174 valence electrons. The molecule has 0 bridgehead atoms. The molecule has 2 aliphatic heterocycles. The number of ether oxygens (including phenoxy) is 1. The van der Waals surface area contributed by atoms with Crippen LogP contribution in [0.15, 0.2) is 15.8 Å². The minimum absolute atomic E-state index is 0.0229. The van der Waals surface area contributed by atoms with Gasteiger partial charge in [-0.25, -0.2) is 4.79 Å². The fraction of sp³-hybridized carbons (Fsp3) is 0.750. The lowest BCUT2D eigenvalue weighted by Gasteiger charge is -2.51. The molecule has 2 saturated heterocycles. The molecule has 11 heteroatoms. The second kappa shape index (κ2) is 9.19. The highest BCUT2D eigenvalue weighted by Crippen LogP contribution is 2.43. The van der Waals surface area contributed by atoms with Crippen LogP contribution >= 0.6 is 0 Å². The predicted octanol–water partition coefficient (Wildman–Crippen LogP) is -0.794. The van der Waals surface area contributed by atoms with Crippen molar-refractivity contribution in [1.29, 1.82) is 0 Å². The van der Waals surface area contributed by atoms with E-state index in [1.807, 2.05) is 4.98 Å². The van der Waals surface area contributed by atoms with E-state index in [-0.39, 0.29) is 18.9 Å². The monoisotopic (exact) mass is 441 g/mol. The van der Waals surface area contributed by atoms with E-state index in [9.17, 15) is 23.9 Å². The number of nitrogens with two attached hydrogens (primary N) is 2. The number of aromatic amines is 1. The summed E-state index contributed by atoms with van der Waals surface area (Å²) in [5.74, 6) is -1.20. The Hall–Kier alpha value is -2.08. The Balaban J connectivity index is 1.64. The highest BCUT2D eigenvalue weighted by Gasteiger charge is 2.50. The Morgan fingerprint density at radius 3 is 2.68 bits per heavy atom. The number of H-pyrrole nitrogens is 1. The van der Waals surface area contributed by atoms with E-state index in [0.717, 1.165) is 23.6 Å². The van der Waals surface area contributed by atoms with Crippen molar-refractivity contribution < 1.29 is 19.0 Å². The van der Waals surface area contributed by atoms with Crippen molar-refractivity contribution in [3.63, 3.8) is 0 Å². The quantitative estimate of drug-likeness (QED) is 0.421. The smallest absolute Gasteiger partial charge is 0.328 e. The molecule has 31 heavy (non-hydrogen) atoms. The molecule has 2 fully saturated rings. The van der Waals surface area contributed by atoms with Gasteiger partial charge >= 0.3 is 5.69 Å². The fourth-order valence-corrected chi connectivity index (χ4v) is 4.65. The number of amides is 1. The Morgan fingerprint density at radius 2 is 2.06 bits per heavy atom. The number of unbranched alkanes of at least 4 members (excludes halogenated alkanes) is 1. The van der Waals surface area contributed by atoms with Crippen molar-refractivity contribution in [2.75, 3.05) is 26.2 Å². The van der Waals surface area contributed by atoms with Crippen molar-refractivity contribution in [3.05, 3.63) is 32.9 Å².